The molecule has 0 bridgehead atoms. The standard InChI is InChI=1S/C26H26Cl2F2N4O6S2.CH4/c1-33-7-6-32-26(33)42(36,37)34-8-9-41-23(34)24(35)39-21(11-17-18(27)12-31-13-19(17)28)16-4-5-20(40-25(29)30)22(10-16)38-14-15-2-3-15;/h4-7,10,12-13,15,21,23,25H,2-3,8-9,11,14H2,1H3;1H4/p+1/t21-,23?;/m0./s1. The van der Waals surface area contributed by atoms with E-state index in [0.29, 0.717) is 29.4 Å². The highest BCUT2D eigenvalue weighted by atomic mass is 35.5. The number of H-pyrrole nitrogens is 1. The van der Waals surface area contributed by atoms with Crippen LogP contribution in [0.4, 0.5) is 8.78 Å². The summed E-state index contributed by atoms with van der Waals surface area (Å²) in [6, 6.07) is 4.26. The van der Waals surface area contributed by atoms with Crippen LogP contribution in [0.2, 0.25) is 10.0 Å². The first-order valence-corrected chi connectivity index (χ1v) is 16.2. The van der Waals surface area contributed by atoms with Crippen molar-refractivity contribution < 1.29 is 41.2 Å². The lowest BCUT2D eigenvalue weighted by Crippen LogP contribution is -2.41. The highest BCUT2D eigenvalue weighted by Gasteiger charge is 2.43. The first-order chi connectivity index (χ1) is 20.0. The Kier molecular flexibility index (Phi) is 10.8. The van der Waals surface area contributed by atoms with Crippen molar-refractivity contribution in [2.45, 2.75) is 49.9 Å². The molecule has 0 amide bonds. The predicted octanol–water partition coefficient (Wildman–Crippen LogP) is 5.16. The number of nitrogens with one attached hydrogen (secondary N) is 1. The molecule has 1 aliphatic heterocycles. The van der Waals surface area contributed by atoms with Gasteiger partial charge < -0.3 is 18.8 Å². The van der Waals surface area contributed by atoms with Gasteiger partial charge in [-0.1, -0.05) is 36.7 Å². The Bertz CT molecular complexity index is 1540. The van der Waals surface area contributed by atoms with E-state index in [1.54, 1.807) is 7.05 Å². The highest BCUT2D eigenvalue weighted by Crippen LogP contribution is 2.39. The Hall–Kier alpha value is -2.65. The Morgan fingerprint density at radius 1 is 1.21 bits per heavy atom. The number of esters is 1. The van der Waals surface area contributed by atoms with E-state index >= 15 is 0 Å². The van der Waals surface area contributed by atoms with Crippen molar-refractivity contribution in [1.29, 1.82) is 0 Å². The minimum atomic E-state index is -4.12. The van der Waals surface area contributed by atoms with Gasteiger partial charge in [-0.05, 0) is 36.5 Å². The van der Waals surface area contributed by atoms with E-state index in [9.17, 15) is 22.0 Å². The topological polar surface area (TPSA) is 114 Å². The summed E-state index contributed by atoms with van der Waals surface area (Å²) in [5.41, 5.74) is 0.844. The molecule has 1 saturated heterocycles. The molecule has 1 unspecified atom stereocenters. The Balaban J connectivity index is 0.00000423. The van der Waals surface area contributed by atoms with Gasteiger partial charge >= 0.3 is 12.6 Å². The lowest BCUT2D eigenvalue weighted by atomic mass is 10.0. The van der Waals surface area contributed by atoms with Gasteiger partial charge in [0.2, 0.25) is 5.16 Å². The number of halogens is 4. The van der Waals surface area contributed by atoms with Gasteiger partial charge in [-0.25, -0.2) is 23.2 Å². The summed E-state index contributed by atoms with van der Waals surface area (Å²) in [5, 5.41) is -0.830. The van der Waals surface area contributed by atoms with E-state index in [2.05, 4.69) is 14.7 Å². The monoisotopic (exact) mass is 679 g/mol. The summed E-state index contributed by atoms with van der Waals surface area (Å²) in [5.74, 6) is -0.231. The van der Waals surface area contributed by atoms with Crippen LogP contribution in [-0.4, -0.2) is 59.1 Å². The molecule has 2 aromatic heterocycles. The van der Waals surface area contributed by atoms with Crippen LogP contribution < -0.4 is 14.5 Å². The molecular formula is C27H31Cl2F2N4O6S2+. The van der Waals surface area contributed by atoms with Gasteiger partial charge in [0.1, 0.15) is 16.1 Å². The molecule has 0 spiro atoms. The van der Waals surface area contributed by atoms with E-state index in [1.165, 1.54) is 47.6 Å². The SMILES string of the molecule is C.Cn1ccnc1S(=O)(=O)N1CCSC1C(=O)O[C@@H](Cc1c(Cl)c[nH+]cc1Cl)c1ccc(OC(F)F)c(OCC2CC2)c1. The third-order valence-electron chi connectivity index (χ3n) is 6.74. The number of ether oxygens (including phenoxy) is 3. The van der Waals surface area contributed by atoms with Crippen molar-refractivity contribution in [2.24, 2.45) is 13.0 Å². The second-order valence-corrected chi connectivity index (χ2v) is 13.5. The normalized spacial score (nSPS) is 17.9. The second kappa shape index (κ2) is 14.0. The van der Waals surface area contributed by atoms with E-state index in [-0.39, 0.29) is 47.1 Å². The van der Waals surface area contributed by atoms with Crippen LogP contribution in [0.15, 0.2) is 48.1 Å². The molecule has 2 fully saturated rings. The molecular weight excluding hydrogens is 649 g/mol. The number of hydrogen-bond donors (Lipinski definition) is 0. The third-order valence-corrected chi connectivity index (χ3v) is 10.6. The summed E-state index contributed by atoms with van der Waals surface area (Å²) in [6.45, 7) is -2.68. The summed E-state index contributed by atoms with van der Waals surface area (Å²) >= 11 is 13.9. The second-order valence-electron chi connectivity index (χ2n) is 9.76. The van der Waals surface area contributed by atoms with Crippen molar-refractivity contribution in [3.05, 3.63) is 64.2 Å². The Labute approximate surface area is 262 Å². The predicted molar refractivity (Wildman–Crippen MR) is 157 cm³/mol. The van der Waals surface area contributed by atoms with E-state index in [1.807, 2.05) is 0 Å². The molecule has 43 heavy (non-hydrogen) atoms. The Morgan fingerprint density at radius 2 is 1.93 bits per heavy atom. The number of imidazole rings is 1. The molecule has 2 aliphatic rings. The zero-order chi connectivity index (χ0) is 30.0. The van der Waals surface area contributed by atoms with Crippen LogP contribution in [-0.2, 0) is 33.0 Å². The molecule has 3 aromatic rings. The number of carbonyl (C=O) groups is 1. The van der Waals surface area contributed by atoms with Gasteiger partial charge in [0.25, 0.3) is 10.0 Å². The number of pyridine rings is 1. The molecule has 234 valence electrons. The molecule has 1 saturated carbocycles. The van der Waals surface area contributed by atoms with Gasteiger partial charge in [0.05, 0.1) is 6.61 Å². The number of thioether (sulfide) groups is 1. The van der Waals surface area contributed by atoms with Crippen LogP contribution in [0.3, 0.4) is 0 Å². The maximum absolute atomic E-state index is 13.6. The number of rotatable bonds is 12. The number of nitrogens with zero attached hydrogens (tertiary/aromatic N) is 3. The highest BCUT2D eigenvalue weighted by molar-refractivity contribution is 8.02. The molecule has 1 N–H and O–H groups in total. The van der Waals surface area contributed by atoms with Crippen LogP contribution in [0.1, 0.15) is 37.5 Å². The molecule has 2 atom stereocenters. The van der Waals surface area contributed by atoms with E-state index in [0.717, 1.165) is 28.9 Å². The lowest BCUT2D eigenvalue weighted by molar-refractivity contribution is -0.377. The van der Waals surface area contributed by atoms with Crippen molar-refractivity contribution in [1.82, 2.24) is 13.9 Å². The largest absolute Gasteiger partial charge is 0.489 e. The molecule has 3 heterocycles. The minimum Gasteiger partial charge on any atom is -0.489 e. The van der Waals surface area contributed by atoms with Crippen LogP contribution in [0.5, 0.6) is 11.5 Å². The summed E-state index contributed by atoms with van der Waals surface area (Å²) in [4.78, 5) is 20.4. The zero-order valence-electron chi connectivity index (χ0n) is 22.2. The fourth-order valence-electron chi connectivity index (χ4n) is 4.40. The fraction of sp³-hybridized carbons (Fsp3) is 0.444. The molecule has 0 radical (unpaired) electrons. The van der Waals surface area contributed by atoms with Crippen LogP contribution >= 0.6 is 35.0 Å². The van der Waals surface area contributed by atoms with E-state index in [4.69, 9.17) is 32.7 Å². The lowest BCUT2D eigenvalue weighted by Gasteiger charge is -2.25. The number of aryl methyl sites for hydroxylation is 1. The molecule has 10 nitrogen and oxygen atoms in total. The number of aromatic amines is 1. The van der Waals surface area contributed by atoms with Gasteiger partial charge in [-0.15, -0.1) is 11.8 Å². The quantitative estimate of drug-likeness (QED) is 0.241. The molecule has 1 aromatic carbocycles. The third kappa shape index (κ3) is 7.72. The molecule has 1 aliphatic carbocycles. The van der Waals surface area contributed by atoms with Crippen molar-refractivity contribution in [3.63, 3.8) is 0 Å². The van der Waals surface area contributed by atoms with Gasteiger partial charge in [-0.3, -0.25) is 0 Å². The summed E-state index contributed by atoms with van der Waals surface area (Å²) < 4.78 is 71.8. The molecule has 5 rings (SSSR count). The van der Waals surface area contributed by atoms with Crippen molar-refractivity contribution in [3.8, 4) is 11.5 Å². The van der Waals surface area contributed by atoms with Gasteiger partial charge in [0.15, 0.2) is 29.3 Å². The van der Waals surface area contributed by atoms with Crippen LogP contribution in [0.25, 0.3) is 0 Å². The number of carbonyl (C=O) groups excluding carboxylic acids is 1. The van der Waals surface area contributed by atoms with Gasteiger partial charge in [0, 0.05) is 43.7 Å². The average Bonchev–Trinajstić information content (AvgIpc) is 3.42. The summed E-state index contributed by atoms with van der Waals surface area (Å²) in [7, 11) is -2.57. The van der Waals surface area contributed by atoms with Gasteiger partial charge in [-0.2, -0.15) is 13.1 Å². The summed E-state index contributed by atoms with van der Waals surface area (Å²) in [6.07, 6.45) is 6.78. The molecule has 16 heteroatoms. The number of aromatic nitrogens is 3. The van der Waals surface area contributed by atoms with Crippen molar-refractivity contribution in [2.75, 3.05) is 18.9 Å². The number of hydrogen-bond acceptors (Lipinski definition) is 8. The Morgan fingerprint density at radius 3 is 2.56 bits per heavy atom. The van der Waals surface area contributed by atoms with E-state index < -0.39 is 34.1 Å². The first kappa shape index (κ1) is 33.2. The zero-order valence-corrected chi connectivity index (χ0v) is 25.4. The maximum Gasteiger partial charge on any atom is 0.387 e. The first-order valence-electron chi connectivity index (χ1n) is 12.9. The van der Waals surface area contributed by atoms with Crippen LogP contribution in [0, 0.1) is 5.92 Å². The number of benzene rings is 1. The fourth-order valence-corrected chi connectivity index (χ4v) is 8.06. The number of alkyl halides is 2. The number of sulfonamides is 1. The van der Waals surface area contributed by atoms with Crippen molar-refractivity contribution >= 4 is 51.0 Å². The maximum atomic E-state index is 13.6. The smallest absolute Gasteiger partial charge is 0.387 e. The minimum absolute atomic E-state index is 0. The average molecular weight is 681 g/mol.